The summed E-state index contributed by atoms with van der Waals surface area (Å²) < 4.78 is 7.88. The van der Waals surface area contributed by atoms with Crippen LogP contribution in [0, 0.1) is 5.41 Å². The van der Waals surface area contributed by atoms with Gasteiger partial charge in [0, 0.05) is 19.0 Å². The Morgan fingerprint density at radius 3 is 2.82 bits per heavy atom. The van der Waals surface area contributed by atoms with Crippen LogP contribution in [0.15, 0.2) is 63.5 Å². The van der Waals surface area contributed by atoms with Gasteiger partial charge in [-0.15, -0.1) is 10.2 Å². The minimum atomic E-state index is -0.0809. The largest absolute Gasteiger partial charge is 0.453 e. The molecule has 3 aromatic rings. The Kier molecular flexibility index (Phi) is 5.85. The molecule has 2 aromatic heterocycles. The Morgan fingerprint density at radius 1 is 1.21 bits per heavy atom. The molecule has 0 aliphatic carbocycles. The first-order chi connectivity index (χ1) is 13.7. The van der Waals surface area contributed by atoms with Crippen molar-refractivity contribution in [2.45, 2.75) is 36.1 Å². The standard InChI is InChI=1S/C21H26N4O2S/c1-24-16-22-23-20(24)28-19-9-8-18(27-19)13-25-11-5-10-21(14-25,15-26)12-17-6-3-2-4-7-17/h2-4,6-9,16,26H,5,10-15H2,1H3/t21-/m1/s1. The highest BCUT2D eigenvalue weighted by atomic mass is 32.2. The summed E-state index contributed by atoms with van der Waals surface area (Å²) in [5.41, 5.74) is 1.21. The Hall–Kier alpha value is -2.09. The minimum Gasteiger partial charge on any atom is -0.453 e. The maximum atomic E-state index is 10.2. The molecule has 0 amide bonds. The number of furan rings is 1. The summed E-state index contributed by atoms with van der Waals surface area (Å²) in [6, 6.07) is 14.5. The number of aryl methyl sites for hydroxylation is 1. The zero-order valence-corrected chi connectivity index (χ0v) is 16.9. The first-order valence-electron chi connectivity index (χ1n) is 9.63. The van der Waals surface area contributed by atoms with E-state index in [9.17, 15) is 5.11 Å². The molecule has 7 heteroatoms. The van der Waals surface area contributed by atoms with Crippen LogP contribution in [-0.4, -0.2) is 44.5 Å². The van der Waals surface area contributed by atoms with Gasteiger partial charge in [0.25, 0.3) is 0 Å². The van der Waals surface area contributed by atoms with Gasteiger partial charge in [-0.1, -0.05) is 30.3 Å². The van der Waals surface area contributed by atoms with Gasteiger partial charge in [-0.25, -0.2) is 0 Å². The lowest BCUT2D eigenvalue weighted by atomic mass is 9.75. The number of hydrogen-bond acceptors (Lipinski definition) is 6. The topological polar surface area (TPSA) is 67.3 Å². The monoisotopic (exact) mass is 398 g/mol. The molecule has 148 valence electrons. The number of benzene rings is 1. The summed E-state index contributed by atoms with van der Waals surface area (Å²) in [6.07, 6.45) is 4.74. The molecule has 28 heavy (non-hydrogen) atoms. The maximum absolute atomic E-state index is 10.2. The quantitative estimate of drug-likeness (QED) is 0.658. The third kappa shape index (κ3) is 4.48. The number of rotatable bonds is 7. The third-order valence-corrected chi connectivity index (χ3v) is 6.35. The van der Waals surface area contributed by atoms with Gasteiger partial charge in [0.05, 0.1) is 13.2 Å². The van der Waals surface area contributed by atoms with Crippen molar-refractivity contribution < 1.29 is 9.52 Å². The van der Waals surface area contributed by atoms with E-state index in [0.29, 0.717) is 0 Å². The van der Waals surface area contributed by atoms with Gasteiger partial charge >= 0.3 is 0 Å². The van der Waals surface area contributed by atoms with Crippen LogP contribution in [0.3, 0.4) is 0 Å². The van der Waals surface area contributed by atoms with Crippen LogP contribution in [0.5, 0.6) is 0 Å². The molecular weight excluding hydrogens is 372 g/mol. The Morgan fingerprint density at radius 2 is 2.07 bits per heavy atom. The molecule has 0 saturated carbocycles. The fourth-order valence-corrected chi connectivity index (χ4v) is 4.72. The number of likely N-dealkylation sites (tertiary alicyclic amines) is 1. The van der Waals surface area contributed by atoms with Crippen LogP contribution in [0.25, 0.3) is 0 Å². The highest BCUT2D eigenvalue weighted by Crippen LogP contribution is 2.34. The van der Waals surface area contributed by atoms with Crippen LogP contribution < -0.4 is 0 Å². The van der Waals surface area contributed by atoms with Crippen LogP contribution in [0.1, 0.15) is 24.2 Å². The Bertz CT molecular complexity index is 895. The van der Waals surface area contributed by atoms with Gasteiger partial charge in [0.1, 0.15) is 12.1 Å². The molecule has 1 aliphatic heterocycles. The molecule has 1 fully saturated rings. The minimum absolute atomic E-state index is 0.0809. The molecule has 1 atom stereocenters. The lowest BCUT2D eigenvalue weighted by molar-refractivity contribution is 0.0257. The zero-order chi connectivity index (χ0) is 19.4. The summed E-state index contributed by atoms with van der Waals surface area (Å²) >= 11 is 1.47. The molecule has 6 nitrogen and oxygen atoms in total. The van der Waals surface area contributed by atoms with E-state index in [1.807, 2.05) is 29.8 Å². The molecule has 4 rings (SSSR count). The molecule has 3 heterocycles. The van der Waals surface area contributed by atoms with E-state index in [2.05, 4.69) is 39.4 Å². The average molecular weight is 399 g/mol. The van der Waals surface area contributed by atoms with E-state index < -0.39 is 0 Å². The predicted molar refractivity (Wildman–Crippen MR) is 108 cm³/mol. The Labute approximate surface area is 169 Å². The SMILES string of the molecule is Cn1cnnc1Sc1ccc(CN2CCC[C@@](CO)(Cc3ccccc3)C2)o1. The van der Waals surface area contributed by atoms with E-state index in [4.69, 9.17) is 4.42 Å². The lowest BCUT2D eigenvalue weighted by Gasteiger charge is -2.41. The van der Waals surface area contributed by atoms with Crippen molar-refractivity contribution in [3.8, 4) is 0 Å². The second-order valence-corrected chi connectivity index (χ2v) is 8.65. The molecular formula is C21H26N4O2S. The molecule has 1 aliphatic rings. The van der Waals surface area contributed by atoms with Crippen LogP contribution in [-0.2, 0) is 20.0 Å². The average Bonchev–Trinajstić information content (AvgIpc) is 3.32. The van der Waals surface area contributed by atoms with Crippen molar-refractivity contribution in [3.05, 3.63) is 60.1 Å². The molecule has 0 unspecified atom stereocenters. The summed E-state index contributed by atoms with van der Waals surface area (Å²) in [7, 11) is 1.92. The van der Waals surface area contributed by atoms with E-state index in [1.165, 1.54) is 17.3 Å². The molecule has 1 saturated heterocycles. The number of hydrogen-bond donors (Lipinski definition) is 1. The van der Waals surface area contributed by atoms with Crippen LogP contribution in [0.2, 0.25) is 0 Å². The van der Waals surface area contributed by atoms with Crippen LogP contribution in [0.4, 0.5) is 0 Å². The van der Waals surface area contributed by atoms with Crippen molar-refractivity contribution in [3.63, 3.8) is 0 Å². The second kappa shape index (κ2) is 8.51. The number of aliphatic hydroxyl groups is 1. The van der Waals surface area contributed by atoms with Gasteiger partial charge in [-0.2, -0.15) is 0 Å². The van der Waals surface area contributed by atoms with Crippen molar-refractivity contribution >= 4 is 11.8 Å². The van der Waals surface area contributed by atoms with Crippen molar-refractivity contribution in [1.29, 1.82) is 0 Å². The highest BCUT2D eigenvalue weighted by Gasteiger charge is 2.35. The van der Waals surface area contributed by atoms with Crippen molar-refractivity contribution in [2.75, 3.05) is 19.7 Å². The van der Waals surface area contributed by atoms with Gasteiger partial charge in [0.15, 0.2) is 10.2 Å². The number of aliphatic hydroxyl groups excluding tert-OH is 1. The summed E-state index contributed by atoms with van der Waals surface area (Å²) in [5.74, 6) is 0.943. The van der Waals surface area contributed by atoms with Gasteiger partial charge in [0.2, 0.25) is 0 Å². The van der Waals surface area contributed by atoms with Gasteiger partial charge < -0.3 is 14.1 Å². The first-order valence-corrected chi connectivity index (χ1v) is 10.5. The Balaban J connectivity index is 1.40. The van der Waals surface area contributed by atoms with Crippen LogP contribution >= 0.6 is 11.8 Å². The van der Waals surface area contributed by atoms with E-state index in [0.717, 1.165) is 54.9 Å². The lowest BCUT2D eigenvalue weighted by Crippen LogP contribution is -2.46. The molecule has 0 spiro atoms. The smallest absolute Gasteiger partial charge is 0.198 e. The fraction of sp³-hybridized carbons (Fsp3) is 0.429. The molecule has 0 radical (unpaired) electrons. The zero-order valence-electron chi connectivity index (χ0n) is 16.1. The van der Waals surface area contributed by atoms with E-state index >= 15 is 0 Å². The summed E-state index contributed by atoms with van der Waals surface area (Å²) in [5, 5.41) is 19.8. The number of nitrogens with zero attached hydrogens (tertiary/aromatic N) is 4. The van der Waals surface area contributed by atoms with Crippen molar-refractivity contribution in [1.82, 2.24) is 19.7 Å². The maximum Gasteiger partial charge on any atom is 0.198 e. The summed E-state index contributed by atoms with van der Waals surface area (Å²) in [6.45, 7) is 2.88. The van der Waals surface area contributed by atoms with E-state index in [1.54, 1.807) is 6.33 Å². The molecule has 1 N–H and O–H groups in total. The summed E-state index contributed by atoms with van der Waals surface area (Å²) in [4.78, 5) is 2.40. The highest BCUT2D eigenvalue weighted by molar-refractivity contribution is 7.99. The van der Waals surface area contributed by atoms with E-state index in [-0.39, 0.29) is 12.0 Å². The molecule has 0 bridgehead atoms. The van der Waals surface area contributed by atoms with Crippen molar-refractivity contribution in [2.24, 2.45) is 12.5 Å². The predicted octanol–water partition coefficient (Wildman–Crippen LogP) is 3.38. The first kappa shape index (κ1) is 19.2. The normalized spacial score (nSPS) is 20.5. The second-order valence-electron chi connectivity index (χ2n) is 7.68. The third-order valence-electron chi connectivity index (χ3n) is 5.38. The fourth-order valence-electron chi connectivity index (χ4n) is 3.98. The van der Waals surface area contributed by atoms with Gasteiger partial charge in [-0.3, -0.25) is 4.90 Å². The molecule has 1 aromatic carbocycles. The van der Waals surface area contributed by atoms with Gasteiger partial charge in [-0.05, 0) is 55.3 Å². The number of piperidine rings is 1. The number of aromatic nitrogens is 3.